The van der Waals surface area contributed by atoms with E-state index in [1.807, 2.05) is 12.1 Å². The second-order valence-corrected chi connectivity index (χ2v) is 7.92. The molecule has 2 heterocycles. The number of hydrogen-bond acceptors (Lipinski definition) is 5. The van der Waals surface area contributed by atoms with Crippen molar-refractivity contribution in [1.82, 2.24) is 9.29 Å². The molecule has 0 saturated carbocycles. The zero-order valence-electron chi connectivity index (χ0n) is 13.6. The van der Waals surface area contributed by atoms with E-state index in [1.54, 1.807) is 30.5 Å². The number of aromatic nitrogens is 1. The molecule has 1 aromatic heterocycles. The standard InChI is InChI=1S/C18H19N3O3S/c19-13-4-6-15(7-5-13)25(22,23)21-11-9-16-17(21)2-1-3-18(16)24-14-8-10-20-12-14/h1-7,9,11,14,20H,8,10,12,19H2. The normalized spacial score (nSPS) is 17.8. The fourth-order valence-corrected chi connectivity index (χ4v) is 4.44. The monoisotopic (exact) mass is 357 g/mol. The van der Waals surface area contributed by atoms with Crippen LogP contribution in [0, 0.1) is 0 Å². The lowest BCUT2D eigenvalue weighted by molar-refractivity contribution is 0.226. The average Bonchev–Trinajstić information content (AvgIpc) is 3.25. The Kier molecular flexibility index (Phi) is 3.89. The maximum atomic E-state index is 12.9. The molecule has 1 fully saturated rings. The number of benzene rings is 2. The van der Waals surface area contributed by atoms with Gasteiger partial charge < -0.3 is 15.8 Å². The Balaban J connectivity index is 1.77. The molecule has 130 valence electrons. The summed E-state index contributed by atoms with van der Waals surface area (Å²) in [5.41, 5.74) is 6.78. The van der Waals surface area contributed by atoms with E-state index in [2.05, 4.69) is 5.32 Å². The molecule has 1 atom stereocenters. The topological polar surface area (TPSA) is 86.4 Å². The highest BCUT2D eigenvalue weighted by Gasteiger charge is 2.21. The van der Waals surface area contributed by atoms with Crippen LogP contribution in [0.1, 0.15) is 6.42 Å². The van der Waals surface area contributed by atoms with Crippen molar-refractivity contribution in [2.45, 2.75) is 17.4 Å². The predicted molar refractivity (Wildman–Crippen MR) is 97.3 cm³/mol. The molecule has 3 N–H and O–H groups in total. The van der Waals surface area contributed by atoms with E-state index in [9.17, 15) is 8.42 Å². The van der Waals surface area contributed by atoms with Gasteiger partial charge in [0.05, 0.1) is 10.4 Å². The molecule has 0 amide bonds. The van der Waals surface area contributed by atoms with Crippen LogP contribution in [0.15, 0.2) is 59.6 Å². The number of fused-ring (bicyclic) bond motifs is 1. The van der Waals surface area contributed by atoms with Gasteiger partial charge in [0.1, 0.15) is 11.9 Å². The molecule has 25 heavy (non-hydrogen) atoms. The number of nitrogens with one attached hydrogen (secondary N) is 1. The van der Waals surface area contributed by atoms with Crippen molar-refractivity contribution in [3.8, 4) is 5.75 Å². The summed E-state index contributed by atoms with van der Waals surface area (Å²) < 4.78 is 33.2. The Labute approximate surface area is 146 Å². The van der Waals surface area contributed by atoms with Gasteiger partial charge >= 0.3 is 0 Å². The van der Waals surface area contributed by atoms with Crippen LogP contribution >= 0.6 is 0 Å². The number of rotatable bonds is 4. The number of ether oxygens (including phenoxy) is 1. The molecule has 1 aliphatic rings. The molecule has 1 saturated heterocycles. The molecule has 4 rings (SSSR count). The molecular weight excluding hydrogens is 338 g/mol. The Morgan fingerprint density at radius 1 is 1.12 bits per heavy atom. The quantitative estimate of drug-likeness (QED) is 0.699. The average molecular weight is 357 g/mol. The fraction of sp³-hybridized carbons (Fsp3) is 0.222. The van der Waals surface area contributed by atoms with Crippen molar-refractivity contribution in [2.24, 2.45) is 0 Å². The van der Waals surface area contributed by atoms with E-state index in [1.165, 1.54) is 16.1 Å². The van der Waals surface area contributed by atoms with Gasteiger partial charge in [-0.15, -0.1) is 0 Å². The third-order valence-corrected chi connectivity index (χ3v) is 6.11. The van der Waals surface area contributed by atoms with E-state index in [0.717, 1.165) is 24.9 Å². The number of nitrogens with two attached hydrogens (primary N) is 1. The molecular formula is C18H19N3O3S. The van der Waals surface area contributed by atoms with Crippen molar-refractivity contribution >= 4 is 26.6 Å². The van der Waals surface area contributed by atoms with Crippen LogP contribution in [0.5, 0.6) is 5.75 Å². The van der Waals surface area contributed by atoms with Crippen molar-refractivity contribution in [1.29, 1.82) is 0 Å². The minimum Gasteiger partial charge on any atom is -0.488 e. The molecule has 6 nitrogen and oxygen atoms in total. The number of nitrogen functional groups attached to an aromatic ring is 1. The Bertz CT molecular complexity index is 1000. The minimum absolute atomic E-state index is 0.114. The van der Waals surface area contributed by atoms with Crippen LogP contribution in [-0.4, -0.2) is 31.6 Å². The van der Waals surface area contributed by atoms with Crippen molar-refractivity contribution in [3.05, 3.63) is 54.7 Å². The van der Waals surface area contributed by atoms with Crippen LogP contribution in [0.4, 0.5) is 5.69 Å². The second kappa shape index (κ2) is 6.09. The summed E-state index contributed by atoms with van der Waals surface area (Å²) in [5, 5.41) is 4.05. The van der Waals surface area contributed by atoms with Crippen molar-refractivity contribution < 1.29 is 13.2 Å². The highest BCUT2D eigenvalue weighted by atomic mass is 32.2. The lowest BCUT2D eigenvalue weighted by Gasteiger charge is -2.14. The van der Waals surface area contributed by atoms with Gasteiger partial charge in [0.15, 0.2) is 0 Å². The molecule has 0 spiro atoms. The van der Waals surface area contributed by atoms with Gasteiger partial charge in [0.2, 0.25) is 0 Å². The van der Waals surface area contributed by atoms with Crippen molar-refractivity contribution in [2.75, 3.05) is 18.8 Å². The summed E-state index contributed by atoms with van der Waals surface area (Å²) in [5.74, 6) is 0.706. The molecule has 1 unspecified atom stereocenters. The fourth-order valence-electron chi connectivity index (χ4n) is 3.09. The van der Waals surface area contributed by atoms with Gasteiger partial charge in [-0.3, -0.25) is 0 Å². The summed E-state index contributed by atoms with van der Waals surface area (Å²) >= 11 is 0. The first-order valence-corrected chi connectivity index (χ1v) is 9.58. The zero-order valence-corrected chi connectivity index (χ0v) is 14.4. The van der Waals surface area contributed by atoms with Gasteiger partial charge in [0.25, 0.3) is 10.0 Å². The SMILES string of the molecule is Nc1ccc(S(=O)(=O)n2ccc3c(OC4CCNC4)cccc32)cc1. The highest BCUT2D eigenvalue weighted by Crippen LogP contribution is 2.30. The largest absolute Gasteiger partial charge is 0.488 e. The van der Waals surface area contributed by atoms with Crippen LogP contribution in [0.3, 0.4) is 0 Å². The molecule has 3 aromatic rings. The lowest BCUT2D eigenvalue weighted by atomic mass is 10.2. The lowest BCUT2D eigenvalue weighted by Crippen LogP contribution is -2.19. The molecule has 2 aromatic carbocycles. The van der Waals surface area contributed by atoms with Crippen LogP contribution in [0.2, 0.25) is 0 Å². The molecule has 0 bridgehead atoms. The number of nitrogens with zero attached hydrogens (tertiary/aromatic N) is 1. The maximum absolute atomic E-state index is 12.9. The van der Waals surface area contributed by atoms with E-state index >= 15 is 0 Å². The van der Waals surface area contributed by atoms with E-state index in [-0.39, 0.29) is 11.0 Å². The van der Waals surface area contributed by atoms with Gasteiger partial charge in [-0.1, -0.05) is 6.07 Å². The highest BCUT2D eigenvalue weighted by molar-refractivity contribution is 7.90. The Morgan fingerprint density at radius 2 is 1.92 bits per heavy atom. The van der Waals surface area contributed by atoms with Gasteiger partial charge in [-0.25, -0.2) is 12.4 Å². The molecule has 7 heteroatoms. The number of hydrogen-bond donors (Lipinski definition) is 2. The Hall–Kier alpha value is -2.51. The molecule has 0 aliphatic carbocycles. The second-order valence-electron chi connectivity index (χ2n) is 6.11. The van der Waals surface area contributed by atoms with Crippen molar-refractivity contribution in [3.63, 3.8) is 0 Å². The summed E-state index contributed by atoms with van der Waals surface area (Å²) in [4.78, 5) is 0.200. The van der Waals surface area contributed by atoms with Crippen LogP contribution in [-0.2, 0) is 10.0 Å². The first-order chi connectivity index (χ1) is 12.1. The van der Waals surface area contributed by atoms with Gasteiger partial charge in [-0.05, 0) is 55.4 Å². The summed E-state index contributed by atoms with van der Waals surface area (Å²) in [7, 11) is -3.69. The maximum Gasteiger partial charge on any atom is 0.268 e. The van der Waals surface area contributed by atoms with Crippen LogP contribution < -0.4 is 15.8 Å². The first-order valence-electron chi connectivity index (χ1n) is 8.14. The summed E-state index contributed by atoms with van der Waals surface area (Å²) in [6, 6.07) is 13.4. The zero-order chi connectivity index (χ0) is 17.4. The third kappa shape index (κ3) is 2.85. The smallest absolute Gasteiger partial charge is 0.268 e. The van der Waals surface area contributed by atoms with E-state index in [0.29, 0.717) is 17.0 Å². The Morgan fingerprint density at radius 3 is 2.64 bits per heavy atom. The summed E-state index contributed by atoms with van der Waals surface area (Å²) in [6.45, 7) is 1.74. The first kappa shape index (κ1) is 16.0. The number of anilines is 1. The van der Waals surface area contributed by atoms with Crippen LogP contribution in [0.25, 0.3) is 10.9 Å². The predicted octanol–water partition coefficient (Wildman–Crippen LogP) is 2.20. The summed E-state index contributed by atoms with van der Waals surface area (Å²) in [6.07, 6.45) is 2.62. The van der Waals surface area contributed by atoms with Gasteiger partial charge in [0, 0.05) is 23.8 Å². The van der Waals surface area contributed by atoms with Gasteiger partial charge in [-0.2, -0.15) is 0 Å². The minimum atomic E-state index is -3.69. The molecule has 1 aliphatic heterocycles. The molecule has 0 radical (unpaired) electrons. The third-order valence-electron chi connectivity index (χ3n) is 4.40. The van der Waals surface area contributed by atoms with E-state index < -0.39 is 10.0 Å². The van der Waals surface area contributed by atoms with E-state index in [4.69, 9.17) is 10.5 Å².